The highest BCUT2D eigenvalue weighted by molar-refractivity contribution is 7.99. The maximum Gasteiger partial charge on any atom is 0.0838 e. The molecule has 1 aromatic carbocycles. The van der Waals surface area contributed by atoms with Crippen molar-refractivity contribution in [2.24, 2.45) is 0 Å². The maximum atomic E-state index is 3.79. The van der Waals surface area contributed by atoms with Crippen molar-refractivity contribution >= 4 is 45.3 Å². The van der Waals surface area contributed by atoms with Crippen LogP contribution < -0.4 is 0 Å². The van der Waals surface area contributed by atoms with Gasteiger partial charge in [0.15, 0.2) is 0 Å². The molecule has 0 saturated heterocycles. The van der Waals surface area contributed by atoms with Crippen LogP contribution >= 0.6 is 11.8 Å². The Morgan fingerprint density at radius 3 is 2.80 bits per heavy atom. The number of thioether (sulfide) groups is 1. The first-order valence-corrected chi connectivity index (χ1v) is 10.3. The molecule has 3 aromatic rings. The lowest BCUT2D eigenvalue weighted by Gasteiger charge is -2.13. The van der Waals surface area contributed by atoms with Crippen LogP contribution in [0, 0.1) is 0 Å². The summed E-state index contributed by atoms with van der Waals surface area (Å²) in [4.78, 5) is 3.79. The Kier molecular flexibility index (Phi) is 2.92. The number of allylic oxidation sites excluding steroid dienone is 5. The number of H-pyrrole nitrogens is 1. The number of hydrogen-bond donors (Lipinski definition) is 1. The van der Waals surface area contributed by atoms with Crippen molar-refractivity contribution in [3.63, 3.8) is 0 Å². The minimum absolute atomic E-state index is 1.12. The van der Waals surface area contributed by atoms with Gasteiger partial charge in [0.1, 0.15) is 0 Å². The second-order valence-electron chi connectivity index (χ2n) is 7.17. The molecule has 3 heterocycles. The predicted octanol–water partition coefficient (Wildman–Crippen LogP) is 5.92. The summed E-state index contributed by atoms with van der Waals surface area (Å²) in [6, 6.07) is 4.70. The fraction of sp³-hybridized carbons (Fsp3) is 0.273. The van der Waals surface area contributed by atoms with Gasteiger partial charge in [-0.15, -0.1) is 11.8 Å². The average molecular weight is 344 g/mol. The molecule has 0 spiro atoms. The number of rotatable bonds is 1. The van der Waals surface area contributed by atoms with Crippen LogP contribution in [0.3, 0.4) is 0 Å². The number of benzene rings is 1. The van der Waals surface area contributed by atoms with Gasteiger partial charge < -0.3 is 9.55 Å². The molecule has 0 saturated carbocycles. The van der Waals surface area contributed by atoms with E-state index in [0.29, 0.717) is 0 Å². The number of nitrogens with one attached hydrogen (secondary N) is 1. The molecule has 25 heavy (non-hydrogen) atoms. The summed E-state index contributed by atoms with van der Waals surface area (Å²) in [5.41, 5.74) is 8.40. The third-order valence-electron chi connectivity index (χ3n) is 5.75. The van der Waals surface area contributed by atoms with E-state index in [0.717, 1.165) is 25.7 Å². The lowest BCUT2D eigenvalue weighted by Crippen LogP contribution is -1.99. The van der Waals surface area contributed by atoms with Crippen LogP contribution in [0.1, 0.15) is 36.1 Å². The minimum Gasteiger partial charge on any atom is -0.356 e. The Morgan fingerprint density at radius 1 is 0.960 bits per heavy atom. The van der Waals surface area contributed by atoms with E-state index in [9.17, 15) is 0 Å². The smallest absolute Gasteiger partial charge is 0.0838 e. The van der Waals surface area contributed by atoms with Crippen molar-refractivity contribution in [1.82, 2.24) is 9.55 Å². The SMILES string of the molecule is C1=CC(n2c3c(c4ccc5c6c([nH]c5c42)CCC=C6)CCS3)=CCC1. The van der Waals surface area contributed by atoms with Crippen LogP contribution in [-0.2, 0) is 12.8 Å². The summed E-state index contributed by atoms with van der Waals surface area (Å²) < 4.78 is 2.53. The largest absolute Gasteiger partial charge is 0.356 e. The zero-order chi connectivity index (χ0) is 16.4. The summed E-state index contributed by atoms with van der Waals surface area (Å²) in [6.07, 6.45) is 17.4. The van der Waals surface area contributed by atoms with Crippen molar-refractivity contribution in [3.05, 3.63) is 53.3 Å². The number of aromatic nitrogens is 2. The predicted molar refractivity (Wildman–Crippen MR) is 108 cm³/mol. The summed E-state index contributed by atoms with van der Waals surface area (Å²) in [6.45, 7) is 0. The normalized spacial score (nSPS) is 18.8. The second kappa shape index (κ2) is 5.18. The minimum atomic E-state index is 1.12. The standard InChI is InChI=1S/C22H20N2S/c1-2-6-14(7-3-1)24-21-17(18-12-13-25-22(18)24)11-10-16-15-8-4-5-9-19(15)23-20(16)21/h2,4,6-8,10-11,23H,1,3,5,9,12-13H2. The molecule has 124 valence electrons. The summed E-state index contributed by atoms with van der Waals surface area (Å²) in [5.74, 6) is 1.21. The van der Waals surface area contributed by atoms with Gasteiger partial charge in [0.25, 0.3) is 0 Å². The highest BCUT2D eigenvalue weighted by Gasteiger charge is 2.26. The Labute approximate surface area is 151 Å². The molecule has 2 nitrogen and oxygen atoms in total. The van der Waals surface area contributed by atoms with E-state index >= 15 is 0 Å². The van der Waals surface area contributed by atoms with Gasteiger partial charge in [-0.1, -0.05) is 36.4 Å². The summed E-state index contributed by atoms with van der Waals surface area (Å²) in [5, 5.41) is 4.28. The van der Waals surface area contributed by atoms with Gasteiger partial charge in [-0.2, -0.15) is 0 Å². The quantitative estimate of drug-likeness (QED) is 0.581. The molecule has 6 rings (SSSR count). The van der Waals surface area contributed by atoms with Crippen molar-refractivity contribution in [2.75, 3.05) is 5.75 Å². The van der Waals surface area contributed by atoms with Crippen molar-refractivity contribution in [2.45, 2.75) is 37.1 Å². The molecule has 1 aliphatic heterocycles. The third-order valence-corrected chi connectivity index (χ3v) is 6.86. The number of aryl methyl sites for hydroxylation is 2. The average Bonchev–Trinajstić information content (AvgIpc) is 3.34. The van der Waals surface area contributed by atoms with E-state index in [4.69, 9.17) is 0 Å². The number of fused-ring (bicyclic) bond motifs is 7. The third kappa shape index (κ3) is 1.87. The Bertz CT molecular complexity index is 1120. The van der Waals surface area contributed by atoms with Gasteiger partial charge in [0.2, 0.25) is 0 Å². The zero-order valence-corrected chi connectivity index (χ0v) is 15.0. The maximum absolute atomic E-state index is 3.79. The molecule has 3 heteroatoms. The molecular weight excluding hydrogens is 324 g/mol. The Morgan fingerprint density at radius 2 is 1.88 bits per heavy atom. The fourth-order valence-electron chi connectivity index (χ4n) is 4.62. The molecule has 2 aliphatic carbocycles. The number of nitrogens with zero attached hydrogens (tertiary/aromatic N) is 1. The number of aromatic amines is 1. The van der Waals surface area contributed by atoms with Crippen LogP contribution in [0.15, 0.2) is 41.5 Å². The van der Waals surface area contributed by atoms with Gasteiger partial charge in [-0.05, 0) is 43.7 Å². The van der Waals surface area contributed by atoms with Crippen molar-refractivity contribution in [1.29, 1.82) is 0 Å². The molecule has 1 N–H and O–H groups in total. The summed E-state index contributed by atoms with van der Waals surface area (Å²) in [7, 11) is 0. The highest BCUT2D eigenvalue weighted by Crippen LogP contribution is 2.45. The van der Waals surface area contributed by atoms with Gasteiger partial charge in [-0.3, -0.25) is 0 Å². The van der Waals surface area contributed by atoms with E-state index in [1.54, 1.807) is 5.56 Å². The van der Waals surface area contributed by atoms with Crippen molar-refractivity contribution in [3.8, 4) is 0 Å². The molecule has 0 atom stereocenters. The topological polar surface area (TPSA) is 20.7 Å². The molecule has 0 amide bonds. The fourth-order valence-corrected chi connectivity index (χ4v) is 5.83. The van der Waals surface area contributed by atoms with Crippen molar-refractivity contribution < 1.29 is 0 Å². The molecule has 0 fully saturated rings. The molecule has 3 aliphatic rings. The molecular formula is C22H20N2S. The molecule has 0 radical (unpaired) electrons. The highest BCUT2D eigenvalue weighted by atomic mass is 32.2. The van der Waals surface area contributed by atoms with E-state index in [-0.39, 0.29) is 0 Å². The van der Waals surface area contributed by atoms with Gasteiger partial charge in [-0.25, -0.2) is 0 Å². The van der Waals surface area contributed by atoms with Crippen LogP contribution in [0.2, 0.25) is 0 Å². The van der Waals surface area contributed by atoms with Gasteiger partial charge in [0, 0.05) is 33.5 Å². The first-order valence-electron chi connectivity index (χ1n) is 9.29. The van der Waals surface area contributed by atoms with Gasteiger partial charge in [0.05, 0.1) is 16.1 Å². The summed E-state index contributed by atoms with van der Waals surface area (Å²) >= 11 is 2.02. The van der Waals surface area contributed by atoms with Crippen LogP contribution in [0.4, 0.5) is 0 Å². The van der Waals surface area contributed by atoms with Crippen LogP contribution in [0.5, 0.6) is 0 Å². The molecule has 0 bridgehead atoms. The lowest BCUT2D eigenvalue weighted by molar-refractivity contribution is 0.947. The first kappa shape index (κ1) is 14.1. The zero-order valence-electron chi connectivity index (χ0n) is 14.1. The molecule has 0 unspecified atom stereocenters. The number of hydrogen-bond acceptors (Lipinski definition) is 1. The van der Waals surface area contributed by atoms with Gasteiger partial charge >= 0.3 is 0 Å². The van der Waals surface area contributed by atoms with E-state index in [1.807, 2.05) is 11.8 Å². The van der Waals surface area contributed by atoms with E-state index in [1.165, 1.54) is 56.0 Å². The second-order valence-corrected chi connectivity index (χ2v) is 8.25. The van der Waals surface area contributed by atoms with E-state index in [2.05, 4.69) is 52.1 Å². The van der Waals surface area contributed by atoms with E-state index < -0.39 is 0 Å². The monoisotopic (exact) mass is 344 g/mol. The first-order chi connectivity index (χ1) is 12.4. The Balaban J connectivity index is 1.77. The van der Waals surface area contributed by atoms with Crippen LogP contribution in [0.25, 0.3) is 33.6 Å². The Hall–Kier alpha value is -2.13. The lowest BCUT2D eigenvalue weighted by atomic mass is 10.0. The molecule has 2 aromatic heterocycles. The van der Waals surface area contributed by atoms with Crippen LogP contribution in [-0.4, -0.2) is 15.3 Å².